The number of carbonyl (C=O) groups excluding carboxylic acids is 1. The van der Waals surface area contributed by atoms with Gasteiger partial charge < -0.3 is 15.0 Å². The fraction of sp³-hybridized carbons (Fsp3) is 0.933. The summed E-state index contributed by atoms with van der Waals surface area (Å²) < 4.78 is 6.05. The lowest BCUT2D eigenvalue weighted by atomic mass is 10.0. The van der Waals surface area contributed by atoms with Gasteiger partial charge in [-0.3, -0.25) is 4.79 Å². The molecular weight excluding hydrogens is 276 g/mol. The summed E-state index contributed by atoms with van der Waals surface area (Å²) in [6.45, 7) is 6.08. The van der Waals surface area contributed by atoms with Gasteiger partial charge in [0.05, 0.1) is 6.10 Å². The zero-order valence-electron chi connectivity index (χ0n) is 12.3. The molecule has 1 amide bonds. The molecule has 20 heavy (non-hydrogen) atoms. The van der Waals surface area contributed by atoms with Crippen LogP contribution in [0.15, 0.2) is 0 Å². The number of ether oxygens (including phenoxy) is 1. The van der Waals surface area contributed by atoms with Crippen molar-refractivity contribution in [3.8, 4) is 0 Å². The van der Waals surface area contributed by atoms with E-state index in [1.54, 1.807) is 0 Å². The first-order valence-electron chi connectivity index (χ1n) is 7.93. The summed E-state index contributed by atoms with van der Waals surface area (Å²) in [7, 11) is 0. The third-order valence-corrected chi connectivity index (χ3v) is 5.01. The predicted molar refractivity (Wildman–Crippen MR) is 81.1 cm³/mol. The predicted octanol–water partition coefficient (Wildman–Crippen LogP) is 1.82. The summed E-state index contributed by atoms with van der Waals surface area (Å²) in [5.74, 6) is 1.59. The number of carbonyl (C=O) groups is 1. The Morgan fingerprint density at radius 3 is 2.40 bits per heavy atom. The molecule has 0 bridgehead atoms. The maximum absolute atomic E-state index is 12.6. The molecule has 5 heteroatoms. The Hall–Kier alpha value is -0.320. The second-order valence-electron chi connectivity index (χ2n) is 6.36. The van der Waals surface area contributed by atoms with Gasteiger partial charge in [0.2, 0.25) is 0 Å². The third-order valence-electron chi connectivity index (χ3n) is 5.01. The number of amides is 1. The Balaban J connectivity index is 0.00000147. The molecule has 1 aliphatic carbocycles. The summed E-state index contributed by atoms with van der Waals surface area (Å²) in [4.78, 5) is 14.6. The van der Waals surface area contributed by atoms with Crippen LogP contribution in [0, 0.1) is 11.8 Å². The van der Waals surface area contributed by atoms with E-state index in [0.717, 1.165) is 45.4 Å². The first-order chi connectivity index (χ1) is 9.28. The second-order valence-corrected chi connectivity index (χ2v) is 6.36. The van der Waals surface area contributed by atoms with Crippen LogP contribution >= 0.6 is 12.4 Å². The standard InChI is InChI=1S/C15H26N2O2.ClH/c1-2-14(19-13-5-3-4-6-13)15(18)17-9-11-7-16-8-12(11)10-17;/h11-14,16H,2-10H2,1H3;1H/t11-,12+,14?;. The van der Waals surface area contributed by atoms with Gasteiger partial charge in [-0.1, -0.05) is 19.8 Å². The molecule has 4 nitrogen and oxygen atoms in total. The maximum atomic E-state index is 12.6. The van der Waals surface area contributed by atoms with E-state index in [1.165, 1.54) is 12.8 Å². The molecule has 3 atom stereocenters. The van der Waals surface area contributed by atoms with Crippen molar-refractivity contribution in [3.63, 3.8) is 0 Å². The van der Waals surface area contributed by atoms with Crippen LogP contribution in [0.5, 0.6) is 0 Å². The molecule has 3 rings (SSSR count). The highest BCUT2D eigenvalue weighted by atomic mass is 35.5. The van der Waals surface area contributed by atoms with Crippen LogP contribution in [0.2, 0.25) is 0 Å². The minimum Gasteiger partial charge on any atom is -0.365 e. The fourth-order valence-electron chi connectivity index (χ4n) is 3.82. The summed E-state index contributed by atoms with van der Waals surface area (Å²) in [6, 6.07) is 0. The highest BCUT2D eigenvalue weighted by Crippen LogP contribution is 2.28. The van der Waals surface area contributed by atoms with Gasteiger partial charge in [0, 0.05) is 26.2 Å². The van der Waals surface area contributed by atoms with Crippen LogP contribution in [-0.2, 0) is 9.53 Å². The lowest BCUT2D eigenvalue weighted by Gasteiger charge is -2.26. The molecule has 1 N–H and O–H groups in total. The monoisotopic (exact) mass is 302 g/mol. The minimum atomic E-state index is -0.199. The van der Waals surface area contributed by atoms with E-state index in [0.29, 0.717) is 17.9 Å². The summed E-state index contributed by atoms with van der Waals surface area (Å²) in [6.07, 6.45) is 5.73. The van der Waals surface area contributed by atoms with Crippen LogP contribution < -0.4 is 5.32 Å². The molecule has 116 valence electrons. The van der Waals surface area contributed by atoms with E-state index in [2.05, 4.69) is 17.1 Å². The van der Waals surface area contributed by atoms with Crippen molar-refractivity contribution in [1.29, 1.82) is 0 Å². The largest absolute Gasteiger partial charge is 0.365 e. The van der Waals surface area contributed by atoms with E-state index in [1.807, 2.05) is 0 Å². The van der Waals surface area contributed by atoms with Crippen molar-refractivity contribution in [3.05, 3.63) is 0 Å². The molecule has 2 aliphatic heterocycles. The third kappa shape index (κ3) is 3.29. The fourth-order valence-corrected chi connectivity index (χ4v) is 3.82. The summed E-state index contributed by atoms with van der Waals surface area (Å²) in [5.41, 5.74) is 0. The van der Waals surface area contributed by atoms with E-state index in [9.17, 15) is 4.79 Å². The van der Waals surface area contributed by atoms with Gasteiger partial charge in [-0.15, -0.1) is 12.4 Å². The van der Waals surface area contributed by atoms with Crippen molar-refractivity contribution in [2.24, 2.45) is 11.8 Å². The van der Waals surface area contributed by atoms with Crippen LogP contribution in [0.3, 0.4) is 0 Å². The molecule has 1 unspecified atom stereocenters. The number of hydrogen-bond donors (Lipinski definition) is 1. The van der Waals surface area contributed by atoms with Crippen LogP contribution in [0.25, 0.3) is 0 Å². The minimum absolute atomic E-state index is 0. The second kappa shape index (κ2) is 7.10. The molecule has 2 heterocycles. The quantitative estimate of drug-likeness (QED) is 0.861. The lowest BCUT2D eigenvalue weighted by Crippen LogP contribution is -2.41. The molecule has 0 aromatic heterocycles. The van der Waals surface area contributed by atoms with Gasteiger partial charge in [0.15, 0.2) is 0 Å². The van der Waals surface area contributed by atoms with Crippen molar-refractivity contribution in [2.45, 2.75) is 51.2 Å². The van der Waals surface area contributed by atoms with Gasteiger partial charge in [0.25, 0.3) is 5.91 Å². The Labute approximate surface area is 128 Å². The van der Waals surface area contributed by atoms with E-state index in [-0.39, 0.29) is 24.4 Å². The number of fused-ring (bicyclic) bond motifs is 1. The maximum Gasteiger partial charge on any atom is 0.251 e. The highest BCUT2D eigenvalue weighted by Gasteiger charge is 2.40. The van der Waals surface area contributed by atoms with E-state index < -0.39 is 0 Å². The smallest absolute Gasteiger partial charge is 0.251 e. The van der Waals surface area contributed by atoms with Gasteiger partial charge in [-0.05, 0) is 31.1 Å². The van der Waals surface area contributed by atoms with Crippen molar-refractivity contribution in [1.82, 2.24) is 10.2 Å². The van der Waals surface area contributed by atoms with Crippen LogP contribution in [0.1, 0.15) is 39.0 Å². The molecule has 0 aromatic rings. The number of hydrogen-bond acceptors (Lipinski definition) is 3. The molecule has 0 aromatic carbocycles. The van der Waals surface area contributed by atoms with Gasteiger partial charge >= 0.3 is 0 Å². The zero-order valence-corrected chi connectivity index (χ0v) is 13.2. The van der Waals surface area contributed by atoms with Gasteiger partial charge in [-0.25, -0.2) is 0 Å². The molecule has 0 spiro atoms. The topological polar surface area (TPSA) is 41.6 Å². The van der Waals surface area contributed by atoms with Crippen molar-refractivity contribution < 1.29 is 9.53 Å². The average Bonchev–Trinajstić information content (AvgIpc) is 3.10. The lowest BCUT2D eigenvalue weighted by molar-refractivity contribution is -0.147. The highest BCUT2D eigenvalue weighted by molar-refractivity contribution is 5.85. The zero-order chi connectivity index (χ0) is 13.2. The SMILES string of the molecule is CCC(OC1CCCC1)C(=O)N1C[C@H]2CNC[C@H]2C1.Cl. The van der Waals surface area contributed by atoms with E-state index >= 15 is 0 Å². The normalized spacial score (nSPS) is 31.1. The summed E-state index contributed by atoms with van der Waals surface area (Å²) in [5, 5.41) is 3.42. The Morgan fingerprint density at radius 1 is 1.25 bits per heavy atom. The first-order valence-corrected chi connectivity index (χ1v) is 7.93. The van der Waals surface area contributed by atoms with Crippen molar-refractivity contribution in [2.75, 3.05) is 26.2 Å². The molecule has 3 aliphatic rings. The van der Waals surface area contributed by atoms with Crippen LogP contribution in [0.4, 0.5) is 0 Å². The van der Waals surface area contributed by atoms with E-state index in [4.69, 9.17) is 4.74 Å². The number of halogens is 1. The number of nitrogens with one attached hydrogen (secondary N) is 1. The average molecular weight is 303 g/mol. The Bertz CT molecular complexity index is 322. The Kier molecular flexibility index (Phi) is 5.70. The van der Waals surface area contributed by atoms with Gasteiger partial charge in [0.1, 0.15) is 6.10 Å². The molecule has 1 saturated carbocycles. The molecular formula is C15H27ClN2O2. The first kappa shape index (κ1) is 16.1. The van der Waals surface area contributed by atoms with Gasteiger partial charge in [-0.2, -0.15) is 0 Å². The molecule has 3 fully saturated rings. The van der Waals surface area contributed by atoms with Crippen molar-refractivity contribution >= 4 is 18.3 Å². The molecule has 2 saturated heterocycles. The van der Waals surface area contributed by atoms with Crippen LogP contribution in [-0.4, -0.2) is 49.2 Å². The number of rotatable bonds is 4. The molecule has 0 radical (unpaired) electrons. The summed E-state index contributed by atoms with van der Waals surface area (Å²) >= 11 is 0. The Morgan fingerprint density at radius 2 is 1.85 bits per heavy atom. The number of likely N-dealkylation sites (tertiary alicyclic amines) is 1. The number of nitrogens with zero attached hydrogens (tertiary/aromatic N) is 1.